The van der Waals surface area contributed by atoms with E-state index in [9.17, 15) is 9.59 Å². The number of carbonyl (C=O) groups is 2. The summed E-state index contributed by atoms with van der Waals surface area (Å²) < 4.78 is 0. The fourth-order valence-corrected chi connectivity index (χ4v) is 2.96. The minimum absolute atomic E-state index is 0.0995. The Bertz CT molecular complexity index is 880. The van der Waals surface area contributed by atoms with Crippen molar-refractivity contribution in [2.24, 2.45) is 5.16 Å². The third-order valence-corrected chi connectivity index (χ3v) is 4.36. The molecule has 1 aliphatic heterocycles. The van der Waals surface area contributed by atoms with Gasteiger partial charge in [0.05, 0.1) is 12.2 Å². The first kappa shape index (κ1) is 17.5. The van der Waals surface area contributed by atoms with Crippen molar-refractivity contribution < 1.29 is 14.4 Å². The van der Waals surface area contributed by atoms with Crippen LogP contribution in [0.2, 0.25) is 10.0 Å². The van der Waals surface area contributed by atoms with Crippen molar-refractivity contribution in [1.82, 2.24) is 0 Å². The Labute approximate surface area is 154 Å². The van der Waals surface area contributed by atoms with Crippen LogP contribution >= 0.6 is 23.2 Å². The van der Waals surface area contributed by atoms with Gasteiger partial charge in [-0.05, 0) is 23.8 Å². The zero-order chi connectivity index (χ0) is 18.0. The number of hydrogen-bond donors (Lipinski definition) is 0. The standard InChI is InChI=1S/C18H14Cl2N2O3/c1-2-16(23)25-21-17-13-5-3-4-6-15(13)22(18(17)24)10-11-7-8-12(19)9-14(11)20/h3-9H,2,10H2,1H3. The number of nitrogens with zero attached hydrogens (tertiary/aromatic N) is 2. The zero-order valence-electron chi connectivity index (χ0n) is 13.3. The smallest absolute Gasteiger partial charge is 0.317 e. The van der Waals surface area contributed by atoms with E-state index >= 15 is 0 Å². The molecule has 25 heavy (non-hydrogen) atoms. The molecule has 0 aliphatic carbocycles. The predicted molar refractivity (Wildman–Crippen MR) is 97.0 cm³/mol. The summed E-state index contributed by atoms with van der Waals surface area (Å²) in [5.74, 6) is -0.854. The molecule has 0 spiro atoms. The molecule has 0 atom stereocenters. The summed E-state index contributed by atoms with van der Waals surface area (Å²) in [5, 5.41) is 4.76. The number of benzene rings is 2. The molecule has 0 aromatic heterocycles. The molecule has 0 saturated carbocycles. The monoisotopic (exact) mass is 376 g/mol. The average Bonchev–Trinajstić information content (AvgIpc) is 2.87. The Balaban J connectivity index is 1.95. The highest BCUT2D eigenvalue weighted by molar-refractivity contribution is 6.54. The van der Waals surface area contributed by atoms with Gasteiger partial charge in [0.15, 0.2) is 5.71 Å². The molecular weight excluding hydrogens is 363 g/mol. The van der Waals surface area contributed by atoms with Crippen LogP contribution in [0.4, 0.5) is 5.69 Å². The Morgan fingerprint density at radius 3 is 2.68 bits per heavy atom. The summed E-state index contributed by atoms with van der Waals surface area (Å²) in [6.45, 7) is 1.91. The van der Waals surface area contributed by atoms with Gasteiger partial charge in [-0.1, -0.05) is 59.5 Å². The maximum atomic E-state index is 12.8. The van der Waals surface area contributed by atoms with Crippen LogP contribution < -0.4 is 4.90 Å². The SMILES string of the molecule is CCC(=O)ON=C1C(=O)N(Cc2ccc(Cl)cc2Cl)c2ccccc21. The molecule has 5 nitrogen and oxygen atoms in total. The first-order valence-electron chi connectivity index (χ1n) is 7.64. The first-order valence-corrected chi connectivity index (χ1v) is 8.40. The summed E-state index contributed by atoms with van der Waals surface area (Å²) in [6.07, 6.45) is 0.177. The van der Waals surface area contributed by atoms with Gasteiger partial charge < -0.3 is 9.74 Å². The van der Waals surface area contributed by atoms with Crippen LogP contribution in [0.3, 0.4) is 0 Å². The molecule has 2 aromatic rings. The van der Waals surface area contributed by atoms with Crippen molar-refractivity contribution >= 4 is 46.5 Å². The van der Waals surface area contributed by atoms with Crippen molar-refractivity contribution in [2.75, 3.05) is 4.90 Å². The molecule has 1 heterocycles. The van der Waals surface area contributed by atoms with E-state index in [2.05, 4.69) is 5.16 Å². The lowest BCUT2D eigenvalue weighted by Crippen LogP contribution is -2.30. The molecule has 3 rings (SSSR count). The maximum absolute atomic E-state index is 12.8. The Kier molecular flexibility index (Phi) is 5.06. The quantitative estimate of drug-likeness (QED) is 0.593. The third-order valence-electron chi connectivity index (χ3n) is 3.77. The second-order valence-corrected chi connectivity index (χ2v) is 6.24. The van der Waals surface area contributed by atoms with Crippen LogP contribution in [0.1, 0.15) is 24.5 Å². The normalized spacial score (nSPS) is 14.8. The molecule has 0 saturated heterocycles. The number of hydrogen-bond acceptors (Lipinski definition) is 4. The highest BCUT2D eigenvalue weighted by Crippen LogP contribution is 2.32. The van der Waals surface area contributed by atoms with Crippen molar-refractivity contribution in [3.63, 3.8) is 0 Å². The number of fused-ring (bicyclic) bond motifs is 1. The number of carbonyl (C=O) groups excluding carboxylic acids is 2. The van der Waals surface area contributed by atoms with Gasteiger partial charge in [0, 0.05) is 22.0 Å². The second-order valence-electron chi connectivity index (χ2n) is 5.40. The Morgan fingerprint density at radius 1 is 1.20 bits per heavy atom. The van der Waals surface area contributed by atoms with Crippen molar-refractivity contribution in [2.45, 2.75) is 19.9 Å². The molecule has 2 aromatic carbocycles. The van der Waals surface area contributed by atoms with Crippen LogP contribution in [0.15, 0.2) is 47.6 Å². The van der Waals surface area contributed by atoms with Gasteiger partial charge in [-0.25, -0.2) is 4.79 Å². The van der Waals surface area contributed by atoms with Gasteiger partial charge in [-0.3, -0.25) is 4.79 Å². The number of anilines is 1. The molecule has 7 heteroatoms. The predicted octanol–water partition coefficient (Wildman–Crippen LogP) is 4.20. The lowest BCUT2D eigenvalue weighted by molar-refractivity contribution is -0.143. The fraction of sp³-hybridized carbons (Fsp3) is 0.167. The number of para-hydroxylation sites is 1. The lowest BCUT2D eigenvalue weighted by atomic mass is 10.1. The number of oxime groups is 1. The largest absolute Gasteiger partial charge is 0.334 e. The minimum atomic E-state index is -0.503. The van der Waals surface area contributed by atoms with Crippen LogP contribution in [0.25, 0.3) is 0 Å². The van der Waals surface area contributed by atoms with E-state index in [-0.39, 0.29) is 24.6 Å². The molecule has 0 N–H and O–H groups in total. The lowest BCUT2D eigenvalue weighted by Gasteiger charge is -2.17. The van der Waals surface area contributed by atoms with Crippen LogP contribution in [0.5, 0.6) is 0 Å². The van der Waals surface area contributed by atoms with E-state index in [0.717, 1.165) is 5.56 Å². The van der Waals surface area contributed by atoms with Gasteiger partial charge in [-0.2, -0.15) is 0 Å². The van der Waals surface area contributed by atoms with Gasteiger partial charge >= 0.3 is 5.97 Å². The summed E-state index contributed by atoms with van der Waals surface area (Å²) in [4.78, 5) is 30.5. The van der Waals surface area contributed by atoms with Gasteiger partial charge in [-0.15, -0.1) is 0 Å². The van der Waals surface area contributed by atoms with Crippen LogP contribution in [0, 0.1) is 0 Å². The fourth-order valence-electron chi connectivity index (χ4n) is 2.49. The summed E-state index contributed by atoms with van der Waals surface area (Å²) >= 11 is 12.1. The Hall–Kier alpha value is -2.37. The molecule has 0 unspecified atom stereocenters. The van der Waals surface area contributed by atoms with Crippen LogP contribution in [-0.4, -0.2) is 17.6 Å². The molecule has 0 bridgehead atoms. The van der Waals surface area contributed by atoms with E-state index < -0.39 is 5.97 Å². The average molecular weight is 377 g/mol. The highest BCUT2D eigenvalue weighted by atomic mass is 35.5. The van der Waals surface area contributed by atoms with E-state index in [0.29, 0.717) is 21.3 Å². The van der Waals surface area contributed by atoms with Crippen molar-refractivity contribution in [3.8, 4) is 0 Å². The summed E-state index contributed by atoms with van der Waals surface area (Å²) in [7, 11) is 0. The second kappa shape index (κ2) is 7.25. The Morgan fingerprint density at radius 2 is 1.96 bits per heavy atom. The molecule has 0 fully saturated rings. The molecule has 128 valence electrons. The van der Waals surface area contributed by atoms with Crippen LogP contribution in [-0.2, 0) is 21.0 Å². The first-order chi connectivity index (χ1) is 12.0. The minimum Gasteiger partial charge on any atom is -0.317 e. The van der Waals surface area contributed by atoms with E-state index in [1.54, 1.807) is 48.2 Å². The molecule has 0 radical (unpaired) electrons. The van der Waals surface area contributed by atoms with Gasteiger partial charge in [0.2, 0.25) is 0 Å². The van der Waals surface area contributed by atoms with E-state index in [4.69, 9.17) is 28.0 Å². The third kappa shape index (κ3) is 3.52. The van der Waals surface area contributed by atoms with Gasteiger partial charge in [0.25, 0.3) is 5.91 Å². The molecule has 1 aliphatic rings. The zero-order valence-corrected chi connectivity index (χ0v) is 14.8. The molecule has 1 amide bonds. The number of rotatable bonds is 4. The highest BCUT2D eigenvalue weighted by Gasteiger charge is 2.35. The van der Waals surface area contributed by atoms with E-state index in [1.165, 1.54) is 0 Å². The van der Waals surface area contributed by atoms with Crippen molar-refractivity contribution in [3.05, 3.63) is 63.6 Å². The van der Waals surface area contributed by atoms with Gasteiger partial charge in [0.1, 0.15) is 0 Å². The maximum Gasteiger partial charge on any atom is 0.334 e. The molecular formula is C18H14Cl2N2O3. The van der Waals surface area contributed by atoms with E-state index in [1.807, 2.05) is 6.07 Å². The number of amides is 1. The summed E-state index contributed by atoms with van der Waals surface area (Å²) in [6, 6.07) is 12.3. The number of halogens is 2. The van der Waals surface area contributed by atoms with Crippen molar-refractivity contribution in [1.29, 1.82) is 0 Å². The summed E-state index contributed by atoms with van der Waals surface area (Å²) in [5.41, 5.74) is 2.15. The topological polar surface area (TPSA) is 59.0 Å².